The first-order valence-corrected chi connectivity index (χ1v) is 11.4. The van der Waals surface area contributed by atoms with Crippen LogP contribution in [0.15, 0.2) is 42.5 Å². The zero-order chi connectivity index (χ0) is 23.7. The van der Waals surface area contributed by atoms with Gasteiger partial charge in [-0.3, -0.25) is 9.59 Å². The van der Waals surface area contributed by atoms with E-state index < -0.39 is 5.92 Å². The van der Waals surface area contributed by atoms with Crippen molar-refractivity contribution in [2.45, 2.75) is 19.3 Å². The molecule has 9 nitrogen and oxygen atoms in total. The standard InChI is InChI=1S/C25H27N5O4/c1-33-17-9-10-21(34-2)20(14-17)30-15-16(13-22(30)31)25(32)28-23-24(29-11-5-6-12-29)27-19-8-4-3-7-18(19)26-23/h3-4,7-10,14,16H,5-6,11-13,15H2,1-2H3,(H,26,28,32). The van der Waals surface area contributed by atoms with Crippen molar-refractivity contribution in [2.75, 3.05) is 49.0 Å². The van der Waals surface area contributed by atoms with Gasteiger partial charge < -0.3 is 24.6 Å². The van der Waals surface area contributed by atoms with Crippen molar-refractivity contribution >= 4 is 40.2 Å². The maximum Gasteiger partial charge on any atom is 0.231 e. The van der Waals surface area contributed by atoms with Gasteiger partial charge in [-0.1, -0.05) is 12.1 Å². The minimum absolute atomic E-state index is 0.103. The summed E-state index contributed by atoms with van der Waals surface area (Å²) < 4.78 is 10.7. The molecule has 1 atom stereocenters. The third kappa shape index (κ3) is 4.09. The van der Waals surface area contributed by atoms with E-state index in [4.69, 9.17) is 19.4 Å². The highest BCUT2D eigenvalue weighted by Gasteiger charge is 2.37. The summed E-state index contributed by atoms with van der Waals surface area (Å²) >= 11 is 0. The van der Waals surface area contributed by atoms with Crippen LogP contribution in [0.3, 0.4) is 0 Å². The van der Waals surface area contributed by atoms with Gasteiger partial charge >= 0.3 is 0 Å². The van der Waals surface area contributed by atoms with Gasteiger partial charge in [0.05, 0.1) is 36.9 Å². The molecular weight excluding hydrogens is 434 g/mol. The molecule has 1 aromatic heterocycles. The van der Waals surface area contributed by atoms with E-state index >= 15 is 0 Å². The molecule has 2 aliphatic heterocycles. The summed E-state index contributed by atoms with van der Waals surface area (Å²) in [6, 6.07) is 12.9. The lowest BCUT2D eigenvalue weighted by Gasteiger charge is -2.22. The largest absolute Gasteiger partial charge is 0.497 e. The van der Waals surface area contributed by atoms with Crippen LogP contribution in [0.1, 0.15) is 19.3 Å². The second-order valence-electron chi connectivity index (χ2n) is 8.51. The second-order valence-corrected chi connectivity index (χ2v) is 8.51. The van der Waals surface area contributed by atoms with Crippen LogP contribution in [-0.2, 0) is 9.59 Å². The number of anilines is 3. The molecule has 176 valence electrons. The van der Waals surface area contributed by atoms with Crippen LogP contribution in [0.2, 0.25) is 0 Å². The van der Waals surface area contributed by atoms with Gasteiger partial charge in [0.2, 0.25) is 11.8 Å². The summed E-state index contributed by atoms with van der Waals surface area (Å²) in [5, 5.41) is 2.98. The fraction of sp³-hybridized carbons (Fsp3) is 0.360. The minimum Gasteiger partial charge on any atom is -0.497 e. The molecule has 2 aromatic carbocycles. The second kappa shape index (κ2) is 9.17. The zero-order valence-corrected chi connectivity index (χ0v) is 19.3. The van der Waals surface area contributed by atoms with Gasteiger partial charge in [0, 0.05) is 32.1 Å². The summed E-state index contributed by atoms with van der Waals surface area (Å²) in [5.74, 6) is 1.36. The van der Waals surface area contributed by atoms with E-state index in [1.54, 1.807) is 37.3 Å². The van der Waals surface area contributed by atoms with Gasteiger partial charge in [-0.05, 0) is 37.1 Å². The molecule has 3 heterocycles. The zero-order valence-electron chi connectivity index (χ0n) is 19.3. The third-order valence-electron chi connectivity index (χ3n) is 6.37. The Hall–Kier alpha value is -3.88. The molecule has 0 bridgehead atoms. The Morgan fingerprint density at radius 1 is 1.03 bits per heavy atom. The number of hydrogen-bond donors (Lipinski definition) is 1. The fourth-order valence-corrected chi connectivity index (χ4v) is 4.57. The molecule has 2 fully saturated rings. The number of nitrogens with one attached hydrogen (secondary N) is 1. The van der Waals surface area contributed by atoms with Gasteiger partial charge in [0.25, 0.3) is 0 Å². The molecule has 5 rings (SSSR count). The van der Waals surface area contributed by atoms with E-state index in [9.17, 15) is 9.59 Å². The Morgan fingerprint density at radius 2 is 1.76 bits per heavy atom. The number of benzene rings is 2. The average molecular weight is 462 g/mol. The predicted octanol–water partition coefficient (Wildman–Crippen LogP) is 3.24. The van der Waals surface area contributed by atoms with Crippen LogP contribution in [0, 0.1) is 5.92 Å². The van der Waals surface area contributed by atoms with Gasteiger partial charge in [-0.15, -0.1) is 0 Å². The van der Waals surface area contributed by atoms with Crippen molar-refractivity contribution in [1.82, 2.24) is 9.97 Å². The van der Waals surface area contributed by atoms with Gasteiger partial charge in [-0.2, -0.15) is 0 Å². The molecule has 0 saturated carbocycles. The Balaban J connectivity index is 1.40. The number of carbonyl (C=O) groups excluding carboxylic acids is 2. The number of methoxy groups -OCH3 is 2. The SMILES string of the molecule is COc1ccc(OC)c(N2CC(C(=O)Nc3nc4ccccc4nc3N3CCCC3)CC2=O)c1. The van der Waals surface area contributed by atoms with Crippen molar-refractivity contribution in [2.24, 2.45) is 5.92 Å². The summed E-state index contributed by atoms with van der Waals surface area (Å²) in [6.45, 7) is 2.00. The van der Waals surface area contributed by atoms with Crippen molar-refractivity contribution in [3.05, 3.63) is 42.5 Å². The highest BCUT2D eigenvalue weighted by molar-refractivity contribution is 6.05. The summed E-state index contributed by atoms with van der Waals surface area (Å²) in [4.78, 5) is 39.4. The van der Waals surface area contributed by atoms with E-state index in [-0.39, 0.29) is 24.8 Å². The number of ether oxygens (including phenoxy) is 2. The van der Waals surface area contributed by atoms with E-state index in [1.807, 2.05) is 24.3 Å². The monoisotopic (exact) mass is 461 g/mol. The Morgan fingerprint density at radius 3 is 2.47 bits per heavy atom. The van der Waals surface area contributed by atoms with Crippen molar-refractivity contribution in [1.29, 1.82) is 0 Å². The van der Waals surface area contributed by atoms with Crippen LogP contribution in [0.4, 0.5) is 17.3 Å². The summed E-state index contributed by atoms with van der Waals surface area (Å²) in [7, 11) is 3.12. The highest BCUT2D eigenvalue weighted by atomic mass is 16.5. The molecule has 9 heteroatoms. The minimum atomic E-state index is -0.525. The number of para-hydroxylation sites is 2. The Labute approximate surface area is 197 Å². The van der Waals surface area contributed by atoms with Crippen molar-refractivity contribution < 1.29 is 19.1 Å². The topological polar surface area (TPSA) is 96.9 Å². The first-order valence-electron chi connectivity index (χ1n) is 11.4. The number of fused-ring (bicyclic) bond motifs is 1. The van der Waals surface area contributed by atoms with E-state index in [0.29, 0.717) is 34.3 Å². The average Bonchev–Trinajstić information content (AvgIpc) is 3.53. The maximum absolute atomic E-state index is 13.3. The normalized spacial score (nSPS) is 17.9. The molecule has 0 aliphatic carbocycles. The molecule has 2 aliphatic rings. The fourth-order valence-electron chi connectivity index (χ4n) is 4.57. The van der Waals surface area contributed by atoms with Gasteiger partial charge in [0.15, 0.2) is 11.6 Å². The lowest BCUT2D eigenvalue weighted by atomic mass is 10.1. The molecule has 0 radical (unpaired) electrons. The number of aromatic nitrogens is 2. The van der Waals surface area contributed by atoms with E-state index in [0.717, 1.165) is 31.4 Å². The Bertz CT molecular complexity index is 1240. The molecule has 3 aromatic rings. The third-order valence-corrected chi connectivity index (χ3v) is 6.37. The lowest BCUT2D eigenvalue weighted by Crippen LogP contribution is -2.29. The maximum atomic E-state index is 13.3. The highest BCUT2D eigenvalue weighted by Crippen LogP contribution is 2.36. The van der Waals surface area contributed by atoms with Crippen molar-refractivity contribution in [3.8, 4) is 11.5 Å². The first-order chi connectivity index (χ1) is 16.6. The number of amides is 2. The number of carbonyl (C=O) groups is 2. The molecule has 0 spiro atoms. The molecule has 2 saturated heterocycles. The molecule has 1 N–H and O–H groups in total. The van der Waals surface area contributed by atoms with Crippen LogP contribution >= 0.6 is 0 Å². The van der Waals surface area contributed by atoms with Crippen LogP contribution in [-0.4, -0.2) is 55.6 Å². The molecule has 34 heavy (non-hydrogen) atoms. The number of nitrogens with zero attached hydrogens (tertiary/aromatic N) is 4. The van der Waals surface area contributed by atoms with Crippen molar-refractivity contribution in [3.63, 3.8) is 0 Å². The summed E-state index contributed by atoms with van der Waals surface area (Å²) in [5.41, 5.74) is 2.09. The van der Waals surface area contributed by atoms with Gasteiger partial charge in [-0.25, -0.2) is 9.97 Å². The van der Waals surface area contributed by atoms with Crippen LogP contribution in [0.5, 0.6) is 11.5 Å². The molecular formula is C25H27N5O4. The van der Waals surface area contributed by atoms with Gasteiger partial charge in [0.1, 0.15) is 11.5 Å². The molecule has 1 unspecified atom stereocenters. The molecule has 2 amide bonds. The predicted molar refractivity (Wildman–Crippen MR) is 130 cm³/mol. The van der Waals surface area contributed by atoms with Crippen LogP contribution < -0.4 is 24.6 Å². The number of rotatable bonds is 6. The van der Waals surface area contributed by atoms with Crippen LogP contribution in [0.25, 0.3) is 11.0 Å². The van der Waals surface area contributed by atoms with E-state index in [1.165, 1.54) is 0 Å². The lowest BCUT2D eigenvalue weighted by molar-refractivity contribution is -0.122. The smallest absolute Gasteiger partial charge is 0.231 e. The quantitative estimate of drug-likeness (QED) is 0.602. The Kier molecular flexibility index (Phi) is 5.91. The summed E-state index contributed by atoms with van der Waals surface area (Å²) in [6.07, 6.45) is 2.26. The first kappa shape index (κ1) is 21.9. The number of hydrogen-bond acceptors (Lipinski definition) is 7. The van der Waals surface area contributed by atoms with E-state index in [2.05, 4.69) is 10.2 Å².